The maximum absolute atomic E-state index is 12.2. The second-order valence-electron chi connectivity index (χ2n) is 6.55. The van der Waals surface area contributed by atoms with Gasteiger partial charge in [0.25, 0.3) is 0 Å². The Morgan fingerprint density at radius 1 is 1.04 bits per heavy atom. The van der Waals surface area contributed by atoms with Gasteiger partial charge in [-0.15, -0.1) is 11.8 Å². The van der Waals surface area contributed by atoms with E-state index >= 15 is 0 Å². The summed E-state index contributed by atoms with van der Waals surface area (Å²) in [4.78, 5) is 20.8. The first-order valence-electron chi connectivity index (χ1n) is 9.63. The highest BCUT2D eigenvalue weighted by molar-refractivity contribution is 7.99. The molecule has 0 aliphatic rings. The fraction of sp³-hybridized carbons (Fsp3) is 0.261. The molecule has 1 heterocycles. The number of carbonyl (C=O) groups excluding carboxylic acids is 1. The second-order valence-corrected chi connectivity index (χ2v) is 7.67. The van der Waals surface area contributed by atoms with Gasteiger partial charge in [0.2, 0.25) is 5.91 Å². The maximum Gasteiger partial charge on any atom is 0.225 e. The van der Waals surface area contributed by atoms with E-state index in [0.29, 0.717) is 12.2 Å². The molecule has 0 radical (unpaired) electrons. The number of thioether (sulfide) groups is 1. The lowest BCUT2D eigenvalue weighted by Crippen LogP contribution is -2.12. The van der Waals surface area contributed by atoms with Gasteiger partial charge in [-0.1, -0.05) is 55.8 Å². The zero-order valence-electron chi connectivity index (χ0n) is 16.1. The highest BCUT2D eigenvalue weighted by Crippen LogP contribution is 2.22. The molecule has 0 atom stereocenters. The molecule has 3 rings (SSSR count). The molecule has 144 valence electrons. The molecule has 5 heteroatoms. The first-order chi connectivity index (χ1) is 13.7. The van der Waals surface area contributed by atoms with Gasteiger partial charge in [0, 0.05) is 23.4 Å². The number of benzene rings is 2. The number of hydrogen-bond donors (Lipinski definition) is 1. The molecule has 1 amide bonds. The molecule has 0 unspecified atom stereocenters. The number of carbonyl (C=O) groups is 1. The van der Waals surface area contributed by atoms with Crippen molar-refractivity contribution in [2.45, 2.75) is 37.6 Å². The van der Waals surface area contributed by atoms with Crippen LogP contribution < -0.4 is 5.32 Å². The van der Waals surface area contributed by atoms with Crippen LogP contribution in [0.5, 0.6) is 0 Å². The predicted octanol–water partition coefficient (Wildman–Crippen LogP) is 5.61. The molecule has 28 heavy (non-hydrogen) atoms. The van der Waals surface area contributed by atoms with E-state index in [9.17, 15) is 4.79 Å². The van der Waals surface area contributed by atoms with Crippen molar-refractivity contribution in [3.63, 3.8) is 0 Å². The Hall–Kier alpha value is -2.66. The fourth-order valence-electron chi connectivity index (χ4n) is 2.79. The summed E-state index contributed by atoms with van der Waals surface area (Å²) in [6, 6.07) is 20.1. The monoisotopic (exact) mass is 391 g/mol. The van der Waals surface area contributed by atoms with E-state index in [1.165, 1.54) is 18.4 Å². The Labute approximate surface area is 170 Å². The molecule has 0 fully saturated rings. The van der Waals surface area contributed by atoms with E-state index in [1.807, 2.05) is 48.5 Å². The van der Waals surface area contributed by atoms with Gasteiger partial charge in [-0.3, -0.25) is 4.79 Å². The van der Waals surface area contributed by atoms with Gasteiger partial charge in [0.1, 0.15) is 6.33 Å². The molecule has 0 saturated carbocycles. The molecule has 0 bridgehead atoms. The van der Waals surface area contributed by atoms with E-state index in [2.05, 4.69) is 34.3 Å². The number of unbranched alkanes of at least 4 members (excludes halogenated alkanes) is 1. The molecule has 0 saturated heterocycles. The molecule has 0 aliphatic heterocycles. The van der Waals surface area contributed by atoms with Crippen molar-refractivity contribution in [3.8, 4) is 11.3 Å². The zero-order valence-corrected chi connectivity index (χ0v) is 16.9. The van der Waals surface area contributed by atoms with Gasteiger partial charge in [-0.25, -0.2) is 9.97 Å². The maximum atomic E-state index is 12.2. The summed E-state index contributed by atoms with van der Waals surface area (Å²) < 4.78 is 0. The lowest BCUT2D eigenvalue weighted by Gasteiger charge is -2.07. The molecular formula is C23H25N3OS. The van der Waals surface area contributed by atoms with Gasteiger partial charge >= 0.3 is 0 Å². The van der Waals surface area contributed by atoms with E-state index in [-0.39, 0.29) is 5.91 Å². The van der Waals surface area contributed by atoms with Crippen LogP contribution in [0.1, 0.15) is 31.7 Å². The van der Waals surface area contributed by atoms with Crippen LogP contribution in [0.3, 0.4) is 0 Å². The summed E-state index contributed by atoms with van der Waals surface area (Å²) in [6.07, 6.45) is 5.48. The molecule has 4 nitrogen and oxygen atoms in total. The number of nitrogens with one attached hydrogen (secondary N) is 1. The number of anilines is 1. The normalized spacial score (nSPS) is 10.6. The molecule has 0 spiro atoms. The van der Waals surface area contributed by atoms with E-state index in [0.717, 1.165) is 28.4 Å². The van der Waals surface area contributed by atoms with Gasteiger partial charge in [-0.2, -0.15) is 0 Å². The van der Waals surface area contributed by atoms with E-state index in [1.54, 1.807) is 18.1 Å². The summed E-state index contributed by atoms with van der Waals surface area (Å²) >= 11 is 1.57. The van der Waals surface area contributed by atoms with Gasteiger partial charge in [-0.05, 0) is 36.6 Å². The van der Waals surface area contributed by atoms with Crippen LogP contribution in [0.25, 0.3) is 11.3 Å². The van der Waals surface area contributed by atoms with Crippen LogP contribution in [-0.4, -0.2) is 21.6 Å². The van der Waals surface area contributed by atoms with Crippen LogP contribution in [0.15, 0.2) is 72.0 Å². The summed E-state index contributed by atoms with van der Waals surface area (Å²) in [7, 11) is 0. The minimum absolute atomic E-state index is 0.0196. The lowest BCUT2D eigenvalue weighted by molar-refractivity contribution is -0.115. The average molecular weight is 392 g/mol. The number of aromatic nitrogens is 2. The van der Waals surface area contributed by atoms with E-state index in [4.69, 9.17) is 0 Å². The topological polar surface area (TPSA) is 54.9 Å². The van der Waals surface area contributed by atoms with Crippen molar-refractivity contribution in [2.75, 3.05) is 11.1 Å². The third kappa shape index (κ3) is 6.20. The van der Waals surface area contributed by atoms with Crippen LogP contribution in [-0.2, 0) is 11.2 Å². The number of nitrogens with zero attached hydrogens (tertiary/aromatic N) is 2. The van der Waals surface area contributed by atoms with Gasteiger partial charge < -0.3 is 5.32 Å². The standard InChI is InChI=1S/C23H25N3OS/c1-2-3-7-18-10-12-20(13-11-18)26-22(27)14-15-28-23-16-21(24-17-25-23)19-8-5-4-6-9-19/h4-6,8-13,16-17H,2-3,7,14-15H2,1H3,(H,26,27). The minimum Gasteiger partial charge on any atom is -0.326 e. The van der Waals surface area contributed by atoms with Crippen molar-refractivity contribution in [1.82, 2.24) is 9.97 Å². The Morgan fingerprint density at radius 3 is 2.57 bits per heavy atom. The summed E-state index contributed by atoms with van der Waals surface area (Å²) in [5.74, 6) is 0.692. The van der Waals surface area contributed by atoms with Crippen molar-refractivity contribution in [2.24, 2.45) is 0 Å². The zero-order chi connectivity index (χ0) is 19.6. The average Bonchev–Trinajstić information content (AvgIpc) is 2.74. The Bertz CT molecular complexity index is 882. The Kier molecular flexibility index (Phi) is 7.62. The third-order valence-electron chi connectivity index (χ3n) is 4.35. The fourth-order valence-corrected chi connectivity index (χ4v) is 3.61. The van der Waals surface area contributed by atoms with Crippen molar-refractivity contribution < 1.29 is 4.79 Å². The molecule has 0 aliphatic carbocycles. The molecule has 1 N–H and O–H groups in total. The van der Waals surface area contributed by atoms with Gasteiger partial charge in [0.15, 0.2) is 0 Å². The molecule has 3 aromatic rings. The number of rotatable bonds is 9. The molecule has 1 aromatic heterocycles. The Balaban J connectivity index is 1.46. The van der Waals surface area contributed by atoms with Gasteiger partial charge in [0.05, 0.1) is 10.7 Å². The first-order valence-corrected chi connectivity index (χ1v) is 10.6. The summed E-state index contributed by atoms with van der Waals surface area (Å²) in [5, 5.41) is 3.84. The number of hydrogen-bond acceptors (Lipinski definition) is 4. The largest absolute Gasteiger partial charge is 0.326 e. The second kappa shape index (κ2) is 10.6. The van der Waals surface area contributed by atoms with Crippen molar-refractivity contribution in [3.05, 3.63) is 72.6 Å². The predicted molar refractivity (Wildman–Crippen MR) is 116 cm³/mol. The summed E-state index contributed by atoms with van der Waals surface area (Å²) in [5.41, 5.74) is 4.12. The van der Waals surface area contributed by atoms with Crippen LogP contribution >= 0.6 is 11.8 Å². The smallest absolute Gasteiger partial charge is 0.225 e. The Morgan fingerprint density at radius 2 is 1.82 bits per heavy atom. The third-order valence-corrected chi connectivity index (χ3v) is 5.27. The number of aryl methyl sites for hydroxylation is 1. The SMILES string of the molecule is CCCCc1ccc(NC(=O)CCSc2cc(-c3ccccc3)ncn2)cc1. The lowest BCUT2D eigenvalue weighted by atomic mass is 10.1. The van der Waals surface area contributed by atoms with E-state index < -0.39 is 0 Å². The quantitative estimate of drug-likeness (QED) is 0.381. The first kappa shape index (κ1) is 20.1. The molecular weight excluding hydrogens is 366 g/mol. The van der Waals surface area contributed by atoms with Crippen molar-refractivity contribution in [1.29, 1.82) is 0 Å². The highest BCUT2D eigenvalue weighted by atomic mass is 32.2. The van der Waals surface area contributed by atoms with Crippen LogP contribution in [0.4, 0.5) is 5.69 Å². The van der Waals surface area contributed by atoms with Crippen molar-refractivity contribution >= 4 is 23.4 Å². The summed E-state index contributed by atoms with van der Waals surface area (Å²) in [6.45, 7) is 2.19. The van der Waals surface area contributed by atoms with Crippen LogP contribution in [0.2, 0.25) is 0 Å². The molecule has 2 aromatic carbocycles. The number of amides is 1. The highest BCUT2D eigenvalue weighted by Gasteiger charge is 2.06. The minimum atomic E-state index is 0.0196. The van der Waals surface area contributed by atoms with Crippen LogP contribution in [0, 0.1) is 0 Å².